The van der Waals surface area contributed by atoms with E-state index in [9.17, 15) is 18.4 Å². The van der Waals surface area contributed by atoms with E-state index in [4.69, 9.17) is 0 Å². The van der Waals surface area contributed by atoms with Crippen LogP contribution in [0.1, 0.15) is 33.6 Å². The van der Waals surface area contributed by atoms with Crippen molar-refractivity contribution in [2.75, 3.05) is 13.1 Å². The molecule has 1 aliphatic carbocycles. The first-order chi connectivity index (χ1) is 10.5. The molecular weight excluding hydrogens is 294 g/mol. The Labute approximate surface area is 126 Å². The third kappa shape index (κ3) is 3.41. The Bertz CT molecular complexity index is 567. The van der Waals surface area contributed by atoms with Crippen LogP contribution >= 0.6 is 0 Å². The Morgan fingerprint density at radius 2 is 1.73 bits per heavy atom. The van der Waals surface area contributed by atoms with Gasteiger partial charge in [-0.05, 0) is 37.1 Å². The van der Waals surface area contributed by atoms with Gasteiger partial charge in [0.15, 0.2) is 0 Å². The lowest BCUT2D eigenvalue weighted by atomic mass is 10.1. The standard InChI is InChI=1S/C15H16F2N2O3/c16-15(17)22-12-7-19(8-12)14(21)10-3-1-9(2-4-10)13(20)18-11-5-6-11/h1-4,11-12,15H,5-8H2,(H,18,20). The highest BCUT2D eigenvalue weighted by Gasteiger charge is 2.33. The Hall–Kier alpha value is -2.02. The van der Waals surface area contributed by atoms with Crippen LogP contribution in [0.25, 0.3) is 0 Å². The number of benzene rings is 1. The van der Waals surface area contributed by atoms with Crippen LogP contribution in [0.15, 0.2) is 24.3 Å². The lowest BCUT2D eigenvalue weighted by Gasteiger charge is -2.38. The molecule has 1 N–H and O–H groups in total. The third-order valence-electron chi connectivity index (χ3n) is 3.74. The zero-order valence-electron chi connectivity index (χ0n) is 11.8. The van der Waals surface area contributed by atoms with E-state index in [0.717, 1.165) is 12.8 Å². The molecule has 0 unspecified atom stereocenters. The molecule has 1 heterocycles. The van der Waals surface area contributed by atoms with Crippen molar-refractivity contribution in [3.63, 3.8) is 0 Å². The molecule has 118 valence electrons. The zero-order chi connectivity index (χ0) is 15.7. The summed E-state index contributed by atoms with van der Waals surface area (Å²) in [4.78, 5) is 25.4. The van der Waals surface area contributed by atoms with Crippen molar-refractivity contribution in [3.8, 4) is 0 Å². The van der Waals surface area contributed by atoms with Crippen molar-refractivity contribution in [1.82, 2.24) is 10.2 Å². The van der Waals surface area contributed by atoms with Crippen LogP contribution in [0.3, 0.4) is 0 Å². The molecule has 7 heteroatoms. The predicted octanol–water partition coefficient (Wildman–Crippen LogP) is 1.64. The average Bonchev–Trinajstić information content (AvgIpc) is 3.25. The van der Waals surface area contributed by atoms with E-state index in [2.05, 4.69) is 10.1 Å². The van der Waals surface area contributed by atoms with Gasteiger partial charge in [-0.15, -0.1) is 0 Å². The summed E-state index contributed by atoms with van der Waals surface area (Å²) >= 11 is 0. The van der Waals surface area contributed by atoms with Gasteiger partial charge in [-0.2, -0.15) is 8.78 Å². The molecule has 1 aliphatic heterocycles. The summed E-state index contributed by atoms with van der Waals surface area (Å²) in [5.74, 6) is -0.390. The zero-order valence-corrected chi connectivity index (χ0v) is 11.8. The molecule has 0 spiro atoms. The van der Waals surface area contributed by atoms with E-state index in [1.807, 2.05) is 0 Å². The lowest BCUT2D eigenvalue weighted by Crippen LogP contribution is -2.55. The van der Waals surface area contributed by atoms with E-state index in [-0.39, 0.29) is 30.9 Å². The Morgan fingerprint density at radius 1 is 1.14 bits per heavy atom. The van der Waals surface area contributed by atoms with Crippen molar-refractivity contribution in [2.24, 2.45) is 0 Å². The summed E-state index contributed by atoms with van der Waals surface area (Å²) in [6, 6.07) is 6.62. The fraction of sp³-hybridized carbons (Fsp3) is 0.467. The van der Waals surface area contributed by atoms with Crippen molar-refractivity contribution in [1.29, 1.82) is 0 Å². The Morgan fingerprint density at radius 3 is 2.27 bits per heavy atom. The van der Waals surface area contributed by atoms with Gasteiger partial charge in [-0.25, -0.2) is 0 Å². The maximum absolute atomic E-state index is 12.1. The first kappa shape index (κ1) is 14.9. The monoisotopic (exact) mass is 310 g/mol. The summed E-state index contributed by atoms with van der Waals surface area (Å²) in [6.07, 6.45) is 1.42. The molecule has 0 atom stereocenters. The molecule has 5 nitrogen and oxygen atoms in total. The Kier molecular flexibility index (Phi) is 4.06. The van der Waals surface area contributed by atoms with E-state index in [1.165, 1.54) is 4.90 Å². The molecular formula is C15H16F2N2O3. The smallest absolute Gasteiger partial charge is 0.345 e. The molecule has 0 aromatic heterocycles. The number of hydrogen-bond acceptors (Lipinski definition) is 3. The van der Waals surface area contributed by atoms with Crippen LogP contribution in [0.2, 0.25) is 0 Å². The maximum Gasteiger partial charge on any atom is 0.345 e. The fourth-order valence-corrected chi connectivity index (χ4v) is 2.28. The highest BCUT2D eigenvalue weighted by molar-refractivity contribution is 5.98. The number of ether oxygens (including phenoxy) is 1. The van der Waals surface area contributed by atoms with Gasteiger partial charge in [0, 0.05) is 30.3 Å². The normalized spacial score (nSPS) is 18.2. The van der Waals surface area contributed by atoms with Crippen molar-refractivity contribution >= 4 is 11.8 Å². The topological polar surface area (TPSA) is 58.6 Å². The second-order valence-electron chi connectivity index (χ2n) is 5.55. The Balaban J connectivity index is 1.54. The van der Waals surface area contributed by atoms with Crippen LogP contribution < -0.4 is 5.32 Å². The van der Waals surface area contributed by atoms with Gasteiger partial charge in [0.25, 0.3) is 11.8 Å². The van der Waals surface area contributed by atoms with Crippen molar-refractivity contribution in [3.05, 3.63) is 35.4 Å². The number of carbonyl (C=O) groups excluding carboxylic acids is 2. The number of nitrogens with one attached hydrogen (secondary N) is 1. The molecule has 0 bridgehead atoms. The lowest BCUT2D eigenvalue weighted by molar-refractivity contribution is -0.189. The van der Waals surface area contributed by atoms with Crippen molar-refractivity contribution in [2.45, 2.75) is 31.6 Å². The first-order valence-electron chi connectivity index (χ1n) is 7.17. The van der Waals surface area contributed by atoms with Gasteiger partial charge < -0.3 is 15.0 Å². The van der Waals surface area contributed by atoms with Gasteiger partial charge in [0.1, 0.15) is 0 Å². The average molecular weight is 310 g/mol. The summed E-state index contributed by atoms with van der Waals surface area (Å²) < 4.78 is 28.3. The van der Waals surface area contributed by atoms with Crippen molar-refractivity contribution < 1.29 is 23.1 Å². The molecule has 2 aliphatic rings. The molecule has 1 aromatic rings. The SMILES string of the molecule is O=C(NC1CC1)c1ccc(C(=O)N2CC(OC(F)F)C2)cc1. The second kappa shape index (κ2) is 6.00. The largest absolute Gasteiger partial charge is 0.349 e. The first-order valence-corrected chi connectivity index (χ1v) is 7.17. The summed E-state index contributed by atoms with van der Waals surface area (Å²) in [6.45, 7) is -2.49. The minimum atomic E-state index is -2.81. The van der Waals surface area contributed by atoms with Crippen LogP contribution in [-0.2, 0) is 4.74 Å². The molecule has 1 saturated heterocycles. The highest BCUT2D eigenvalue weighted by Crippen LogP contribution is 2.20. The van der Waals surface area contributed by atoms with Crippen LogP contribution in [-0.4, -0.2) is 48.6 Å². The number of nitrogens with zero attached hydrogens (tertiary/aromatic N) is 1. The number of likely N-dealkylation sites (tertiary alicyclic amines) is 1. The minimum Gasteiger partial charge on any atom is -0.349 e. The molecule has 1 aromatic carbocycles. The van der Waals surface area contributed by atoms with E-state index >= 15 is 0 Å². The van der Waals surface area contributed by atoms with Crippen LogP contribution in [0.5, 0.6) is 0 Å². The molecule has 2 amide bonds. The molecule has 22 heavy (non-hydrogen) atoms. The number of rotatable bonds is 5. The van der Waals surface area contributed by atoms with Gasteiger partial charge in [-0.1, -0.05) is 0 Å². The number of amides is 2. The van der Waals surface area contributed by atoms with Gasteiger partial charge >= 0.3 is 6.61 Å². The van der Waals surface area contributed by atoms with Gasteiger partial charge in [0.05, 0.1) is 6.10 Å². The van der Waals surface area contributed by atoms with Crippen LogP contribution in [0, 0.1) is 0 Å². The molecule has 0 radical (unpaired) electrons. The quantitative estimate of drug-likeness (QED) is 0.899. The van der Waals surface area contributed by atoms with E-state index in [1.54, 1.807) is 24.3 Å². The van der Waals surface area contributed by atoms with Crippen LogP contribution in [0.4, 0.5) is 8.78 Å². The molecule has 3 rings (SSSR count). The fourth-order valence-electron chi connectivity index (χ4n) is 2.28. The third-order valence-corrected chi connectivity index (χ3v) is 3.74. The highest BCUT2D eigenvalue weighted by atomic mass is 19.3. The number of halogens is 2. The minimum absolute atomic E-state index is 0.143. The van der Waals surface area contributed by atoms with Gasteiger partial charge in [-0.3, -0.25) is 9.59 Å². The number of alkyl halides is 2. The van der Waals surface area contributed by atoms with E-state index < -0.39 is 12.7 Å². The van der Waals surface area contributed by atoms with Gasteiger partial charge in [0.2, 0.25) is 0 Å². The predicted molar refractivity (Wildman–Crippen MR) is 73.7 cm³/mol. The number of carbonyl (C=O) groups is 2. The number of hydrogen-bond donors (Lipinski definition) is 1. The summed E-state index contributed by atoms with van der Waals surface area (Å²) in [7, 11) is 0. The summed E-state index contributed by atoms with van der Waals surface area (Å²) in [5, 5.41) is 2.87. The second-order valence-corrected chi connectivity index (χ2v) is 5.55. The van der Waals surface area contributed by atoms with E-state index in [0.29, 0.717) is 11.1 Å². The molecule has 2 fully saturated rings. The maximum atomic E-state index is 12.1. The summed E-state index contributed by atoms with van der Waals surface area (Å²) in [5.41, 5.74) is 0.935. The molecule has 1 saturated carbocycles.